The maximum absolute atomic E-state index is 13.4. The zero-order valence-corrected chi connectivity index (χ0v) is 10.9. The molecule has 4 N–H and O–H groups in total. The molecule has 0 aliphatic heterocycles. The second-order valence-electron chi connectivity index (χ2n) is 4.62. The fourth-order valence-electron chi connectivity index (χ4n) is 1.67. The zero-order valence-electron chi connectivity index (χ0n) is 10.9. The molecule has 1 unspecified atom stereocenters. The molecule has 1 amide bonds. The molecule has 0 radical (unpaired) electrons. The minimum absolute atomic E-state index is 0.181. The molecule has 0 heterocycles. The Labute approximate surface area is 110 Å². The fraction of sp³-hybridized carbons (Fsp3) is 0.385. The van der Waals surface area contributed by atoms with Crippen molar-refractivity contribution >= 4 is 17.6 Å². The Balaban J connectivity index is 2.87. The smallest absolute Gasteiger partial charge is 0.338 e. The summed E-state index contributed by atoms with van der Waals surface area (Å²) in [6.07, 6.45) is 1.24. The van der Waals surface area contributed by atoms with E-state index < -0.39 is 28.8 Å². The van der Waals surface area contributed by atoms with Crippen LogP contribution in [0.3, 0.4) is 0 Å². The van der Waals surface area contributed by atoms with Gasteiger partial charge in [-0.15, -0.1) is 0 Å². The summed E-state index contributed by atoms with van der Waals surface area (Å²) >= 11 is 0. The van der Waals surface area contributed by atoms with E-state index in [0.29, 0.717) is 6.42 Å². The number of nitrogens with two attached hydrogens (primary N) is 1. The van der Waals surface area contributed by atoms with Crippen LogP contribution in [0.4, 0.5) is 10.1 Å². The van der Waals surface area contributed by atoms with Crippen LogP contribution in [0.2, 0.25) is 0 Å². The van der Waals surface area contributed by atoms with Crippen molar-refractivity contribution in [3.05, 3.63) is 29.6 Å². The number of hydrogen-bond donors (Lipinski definition) is 3. The summed E-state index contributed by atoms with van der Waals surface area (Å²) in [5.41, 5.74) is 4.53. The monoisotopic (exact) mass is 268 g/mol. The second-order valence-corrected chi connectivity index (χ2v) is 4.62. The van der Waals surface area contributed by atoms with Crippen molar-refractivity contribution in [2.75, 3.05) is 5.32 Å². The van der Waals surface area contributed by atoms with Gasteiger partial charge in [-0.3, -0.25) is 4.79 Å². The molecular weight excluding hydrogens is 251 g/mol. The molecule has 6 heteroatoms. The number of aromatic carboxylic acids is 1. The Hall–Kier alpha value is -1.95. The third-order valence-corrected chi connectivity index (χ3v) is 2.75. The van der Waals surface area contributed by atoms with Crippen molar-refractivity contribution in [3.8, 4) is 0 Å². The molecule has 5 nitrogen and oxygen atoms in total. The van der Waals surface area contributed by atoms with Crippen molar-refractivity contribution in [1.29, 1.82) is 0 Å². The van der Waals surface area contributed by atoms with Crippen molar-refractivity contribution in [1.82, 2.24) is 0 Å². The predicted molar refractivity (Wildman–Crippen MR) is 69.5 cm³/mol. The molecule has 0 fully saturated rings. The highest BCUT2D eigenvalue weighted by molar-refractivity contribution is 5.98. The van der Waals surface area contributed by atoms with Gasteiger partial charge >= 0.3 is 5.97 Å². The lowest BCUT2D eigenvalue weighted by Gasteiger charge is -2.22. The van der Waals surface area contributed by atoms with E-state index in [2.05, 4.69) is 5.32 Å². The number of halogens is 1. The molecule has 0 spiro atoms. The number of benzene rings is 1. The van der Waals surface area contributed by atoms with Gasteiger partial charge in [0.2, 0.25) is 5.91 Å². The molecule has 0 aliphatic carbocycles. The maximum atomic E-state index is 13.4. The topological polar surface area (TPSA) is 92.4 Å². The van der Waals surface area contributed by atoms with Gasteiger partial charge in [0.15, 0.2) is 0 Å². The number of nitrogens with one attached hydrogen (secondary N) is 1. The summed E-state index contributed by atoms with van der Waals surface area (Å²) in [6, 6.07) is 3.39. The molecule has 0 aromatic heterocycles. The van der Waals surface area contributed by atoms with Crippen LogP contribution in [0, 0.1) is 5.82 Å². The van der Waals surface area contributed by atoms with Crippen LogP contribution in [-0.2, 0) is 4.79 Å². The van der Waals surface area contributed by atoms with Gasteiger partial charge < -0.3 is 16.2 Å². The summed E-state index contributed by atoms with van der Waals surface area (Å²) in [7, 11) is 0. The van der Waals surface area contributed by atoms with Crippen LogP contribution in [0.5, 0.6) is 0 Å². The van der Waals surface area contributed by atoms with Crippen LogP contribution >= 0.6 is 0 Å². The van der Waals surface area contributed by atoms with E-state index in [-0.39, 0.29) is 5.69 Å². The Kier molecular flexibility index (Phi) is 4.61. The number of hydrogen-bond acceptors (Lipinski definition) is 3. The lowest BCUT2D eigenvalue weighted by molar-refractivity contribution is -0.120. The van der Waals surface area contributed by atoms with Gasteiger partial charge in [0, 0.05) is 5.69 Å². The molecule has 1 rings (SSSR count). The number of carboxylic acid groups (broad SMARTS) is 1. The molecule has 104 valence electrons. The number of amides is 1. The van der Waals surface area contributed by atoms with Crippen molar-refractivity contribution < 1.29 is 19.1 Å². The standard InChI is InChI=1S/C13H17FN2O3/c1-3-6-13(2,15)12(19)16-8-4-5-9(11(17)18)10(14)7-8/h4-5,7H,3,6,15H2,1-2H3,(H,16,19)(H,17,18). The van der Waals surface area contributed by atoms with Crippen LogP contribution in [0.25, 0.3) is 0 Å². The number of anilines is 1. The largest absolute Gasteiger partial charge is 0.478 e. The normalized spacial score (nSPS) is 13.7. The Morgan fingerprint density at radius 2 is 2.11 bits per heavy atom. The lowest BCUT2D eigenvalue weighted by atomic mass is 9.96. The highest BCUT2D eigenvalue weighted by Gasteiger charge is 2.27. The van der Waals surface area contributed by atoms with E-state index in [4.69, 9.17) is 10.8 Å². The van der Waals surface area contributed by atoms with Crippen LogP contribution in [0.1, 0.15) is 37.0 Å². The highest BCUT2D eigenvalue weighted by atomic mass is 19.1. The fourth-order valence-corrected chi connectivity index (χ4v) is 1.67. The zero-order chi connectivity index (χ0) is 14.6. The molecule has 1 aromatic rings. The molecule has 0 saturated carbocycles. The van der Waals surface area contributed by atoms with E-state index in [9.17, 15) is 14.0 Å². The van der Waals surface area contributed by atoms with E-state index in [1.807, 2.05) is 6.92 Å². The summed E-state index contributed by atoms with van der Waals surface area (Å²) < 4.78 is 13.4. The minimum atomic E-state index is -1.36. The Morgan fingerprint density at radius 3 is 2.58 bits per heavy atom. The predicted octanol–water partition coefficient (Wildman–Crippen LogP) is 1.98. The van der Waals surface area contributed by atoms with Crippen LogP contribution in [0.15, 0.2) is 18.2 Å². The van der Waals surface area contributed by atoms with E-state index in [1.54, 1.807) is 6.92 Å². The average Bonchev–Trinajstić information content (AvgIpc) is 2.28. The quantitative estimate of drug-likeness (QED) is 0.761. The van der Waals surface area contributed by atoms with Gasteiger partial charge in [-0.2, -0.15) is 0 Å². The molecule has 0 aliphatic rings. The number of rotatable bonds is 5. The van der Waals surface area contributed by atoms with Crippen molar-refractivity contribution in [2.45, 2.75) is 32.2 Å². The van der Waals surface area contributed by atoms with E-state index >= 15 is 0 Å². The number of carboxylic acids is 1. The summed E-state index contributed by atoms with van der Waals surface area (Å²) in [5.74, 6) is -2.69. The van der Waals surface area contributed by atoms with Crippen molar-refractivity contribution in [2.24, 2.45) is 5.73 Å². The maximum Gasteiger partial charge on any atom is 0.338 e. The second kappa shape index (κ2) is 5.79. The average molecular weight is 268 g/mol. The van der Waals surface area contributed by atoms with E-state index in [1.165, 1.54) is 6.07 Å². The summed E-state index contributed by atoms with van der Waals surface area (Å²) in [5, 5.41) is 11.2. The Morgan fingerprint density at radius 1 is 1.47 bits per heavy atom. The third kappa shape index (κ3) is 3.75. The highest BCUT2D eigenvalue weighted by Crippen LogP contribution is 2.17. The Bertz CT molecular complexity index is 501. The van der Waals surface area contributed by atoms with Gasteiger partial charge in [0.25, 0.3) is 0 Å². The van der Waals surface area contributed by atoms with Gasteiger partial charge in [-0.05, 0) is 31.5 Å². The van der Waals surface area contributed by atoms with Gasteiger partial charge in [-0.1, -0.05) is 13.3 Å². The molecular formula is C13H17FN2O3. The third-order valence-electron chi connectivity index (χ3n) is 2.75. The van der Waals surface area contributed by atoms with Crippen molar-refractivity contribution in [3.63, 3.8) is 0 Å². The number of carbonyl (C=O) groups excluding carboxylic acids is 1. The van der Waals surface area contributed by atoms with Crippen LogP contribution in [-0.4, -0.2) is 22.5 Å². The van der Waals surface area contributed by atoms with Gasteiger partial charge in [-0.25, -0.2) is 9.18 Å². The first-order chi connectivity index (χ1) is 8.77. The first-order valence-corrected chi connectivity index (χ1v) is 5.91. The molecule has 0 bridgehead atoms. The van der Waals surface area contributed by atoms with Gasteiger partial charge in [0.05, 0.1) is 11.1 Å². The molecule has 19 heavy (non-hydrogen) atoms. The SMILES string of the molecule is CCCC(C)(N)C(=O)Nc1ccc(C(=O)O)c(F)c1. The minimum Gasteiger partial charge on any atom is -0.478 e. The van der Waals surface area contributed by atoms with Gasteiger partial charge in [0.1, 0.15) is 5.82 Å². The molecule has 0 saturated heterocycles. The van der Waals surface area contributed by atoms with E-state index in [0.717, 1.165) is 18.6 Å². The number of carbonyl (C=O) groups is 2. The first-order valence-electron chi connectivity index (χ1n) is 5.91. The first kappa shape index (κ1) is 15.1. The molecule has 1 aromatic carbocycles. The summed E-state index contributed by atoms with van der Waals surface area (Å²) in [6.45, 7) is 3.49. The lowest BCUT2D eigenvalue weighted by Crippen LogP contribution is -2.48. The van der Waals surface area contributed by atoms with Crippen LogP contribution < -0.4 is 11.1 Å². The summed E-state index contributed by atoms with van der Waals surface area (Å²) in [4.78, 5) is 22.5. The molecule has 1 atom stereocenters.